The van der Waals surface area contributed by atoms with Crippen molar-refractivity contribution in [2.45, 2.75) is 0 Å². The molecule has 0 atom stereocenters. The molecule has 2 rings (SSSR count). The number of carboxylic acids is 1. The predicted molar refractivity (Wildman–Crippen MR) is 80.2 cm³/mol. The van der Waals surface area contributed by atoms with E-state index in [1.165, 1.54) is 24.5 Å². The Labute approximate surface area is 123 Å². The molecule has 104 valence electrons. The third-order valence-corrected chi connectivity index (χ3v) is 2.23. The van der Waals surface area contributed by atoms with E-state index in [0.717, 1.165) is 13.2 Å². The number of rotatable bonds is 3. The molecule has 6 heteroatoms. The minimum atomic E-state index is -0.919. The molecule has 1 aliphatic rings. The largest absolute Gasteiger partial charge is 0.478 e. The summed E-state index contributed by atoms with van der Waals surface area (Å²) in [5.74, 6) is -0.919. The normalized spacial score (nSPS) is 12.3. The number of hydrogen-bond donors (Lipinski definition) is 1. The van der Waals surface area contributed by atoms with Crippen molar-refractivity contribution in [3.05, 3.63) is 55.1 Å². The molecule has 0 unspecified atom stereocenters. The Morgan fingerprint density at radius 2 is 2.11 bits per heavy atom. The summed E-state index contributed by atoms with van der Waals surface area (Å²) in [6.45, 7) is 5.59. The first-order valence-corrected chi connectivity index (χ1v) is 5.50. The van der Waals surface area contributed by atoms with E-state index < -0.39 is 5.97 Å². The Morgan fingerprint density at radius 3 is 2.47 bits per heavy atom. The third-order valence-electron chi connectivity index (χ3n) is 2.23. The highest BCUT2D eigenvalue weighted by molar-refractivity contribution is 8.93. The van der Waals surface area contributed by atoms with Crippen LogP contribution in [0.2, 0.25) is 0 Å². The van der Waals surface area contributed by atoms with Crippen molar-refractivity contribution >= 4 is 23.0 Å². The number of carboxylic acid groups (broad SMARTS) is 1. The molecule has 0 radical (unpaired) electrons. The molecule has 1 aliphatic heterocycles. The van der Waals surface area contributed by atoms with Crippen LogP contribution in [0.15, 0.2) is 49.6 Å². The van der Waals surface area contributed by atoms with Crippen LogP contribution in [0.1, 0.15) is 10.4 Å². The average Bonchev–Trinajstić information content (AvgIpc) is 2.77. The lowest BCUT2D eigenvalue weighted by atomic mass is 10.3. The van der Waals surface area contributed by atoms with Crippen molar-refractivity contribution in [2.24, 2.45) is 0 Å². The summed E-state index contributed by atoms with van der Waals surface area (Å²) in [5.41, 5.74) is 0.269. The average molecular weight is 328 g/mol. The van der Waals surface area contributed by atoms with Crippen LogP contribution in [0.4, 0.5) is 0 Å². The fourth-order valence-corrected chi connectivity index (χ4v) is 1.37. The summed E-state index contributed by atoms with van der Waals surface area (Å²) in [4.78, 5) is 18.2. The molecule has 0 saturated carbocycles. The quantitative estimate of drug-likeness (QED) is 0.862. The number of nitrogens with zero attached hydrogens (tertiary/aromatic N) is 3. The van der Waals surface area contributed by atoms with E-state index in [2.05, 4.69) is 40.8 Å². The minimum Gasteiger partial charge on any atom is -0.478 e. The van der Waals surface area contributed by atoms with Crippen molar-refractivity contribution in [3.63, 3.8) is 0 Å². The van der Waals surface area contributed by atoms with Crippen molar-refractivity contribution < 1.29 is 9.90 Å². The van der Waals surface area contributed by atoms with Crippen LogP contribution >= 0.6 is 17.0 Å². The van der Waals surface area contributed by atoms with Gasteiger partial charge in [-0.05, 0) is 12.1 Å². The van der Waals surface area contributed by atoms with Gasteiger partial charge in [0.2, 0.25) is 0 Å². The lowest BCUT2D eigenvalue weighted by Crippen LogP contribution is -2.21. The van der Waals surface area contributed by atoms with Crippen LogP contribution in [-0.2, 0) is 0 Å². The number of halogens is 1. The molecule has 19 heavy (non-hydrogen) atoms. The molecular weight excluding hydrogens is 310 g/mol. The maximum atomic E-state index is 10.2. The molecule has 0 aromatic carbocycles. The fraction of sp³-hybridized carbons (Fsp3) is 0.231. The monoisotopic (exact) mass is 327 g/mol. The van der Waals surface area contributed by atoms with Gasteiger partial charge in [0.25, 0.3) is 0 Å². The van der Waals surface area contributed by atoms with E-state index in [9.17, 15) is 4.79 Å². The van der Waals surface area contributed by atoms with Gasteiger partial charge in [0.05, 0.1) is 12.2 Å². The Morgan fingerprint density at radius 1 is 1.47 bits per heavy atom. The number of pyridine rings is 1. The van der Waals surface area contributed by atoms with Gasteiger partial charge in [0.1, 0.15) is 0 Å². The first kappa shape index (κ1) is 17.2. The summed E-state index contributed by atoms with van der Waals surface area (Å²) < 4.78 is 0. The van der Waals surface area contributed by atoms with Crippen molar-refractivity contribution in [2.75, 3.05) is 20.3 Å². The van der Waals surface area contributed by atoms with Crippen LogP contribution in [-0.4, -0.2) is 46.1 Å². The maximum absolute atomic E-state index is 10.2. The number of aromatic nitrogens is 1. The molecule has 0 fully saturated rings. The molecule has 0 aliphatic carbocycles. The first-order valence-electron chi connectivity index (χ1n) is 5.50. The summed E-state index contributed by atoms with van der Waals surface area (Å²) >= 11 is 0. The maximum Gasteiger partial charge on any atom is 0.335 e. The Bertz CT molecular complexity index is 423. The SMILES string of the molecule is Br.C=CCN1C=CN(C)C1.O=C(O)c1ccncc1. The summed E-state index contributed by atoms with van der Waals surface area (Å²) in [6.07, 6.45) is 8.93. The molecule has 0 saturated heterocycles. The Hall–Kier alpha value is -1.82. The molecule has 0 bridgehead atoms. The van der Waals surface area contributed by atoms with E-state index in [0.29, 0.717) is 0 Å². The number of hydrogen-bond acceptors (Lipinski definition) is 4. The lowest BCUT2D eigenvalue weighted by molar-refractivity contribution is 0.0696. The topological polar surface area (TPSA) is 56.7 Å². The lowest BCUT2D eigenvalue weighted by Gasteiger charge is -2.15. The van der Waals surface area contributed by atoms with E-state index in [1.54, 1.807) is 0 Å². The van der Waals surface area contributed by atoms with Gasteiger partial charge in [0.15, 0.2) is 0 Å². The zero-order valence-corrected chi connectivity index (χ0v) is 12.5. The number of aromatic carboxylic acids is 1. The molecule has 2 heterocycles. The van der Waals surface area contributed by atoms with Gasteiger partial charge in [-0.25, -0.2) is 4.79 Å². The second-order valence-electron chi connectivity index (χ2n) is 3.80. The van der Waals surface area contributed by atoms with Gasteiger partial charge in [-0.15, -0.1) is 23.6 Å². The van der Waals surface area contributed by atoms with Crippen LogP contribution in [0.3, 0.4) is 0 Å². The zero-order chi connectivity index (χ0) is 13.4. The third kappa shape index (κ3) is 6.61. The van der Waals surface area contributed by atoms with Crippen LogP contribution < -0.4 is 0 Å². The van der Waals surface area contributed by atoms with Crippen molar-refractivity contribution in [3.8, 4) is 0 Å². The smallest absolute Gasteiger partial charge is 0.335 e. The first-order chi connectivity index (χ1) is 8.63. The van der Waals surface area contributed by atoms with Crippen LogP contribution in [0, 0.1) is 0 Å². The standard InChI is InChI=1S/C7H12N2.C6H5NO2.BrH/c1-3-4-9-6-5-8(2)7-9;8-6(9)5-1-3-7-4-2-5;/h3,5-6H,1,4,7H2,2H3;1-4H,(H,8,9);1H. The van der Waals surface area contributed by atoms with Gasteiger partial charge in [-0.2, -0.15) is 0 Å². The van der Waals surface area contributed by atoms with E-state index in [1.807, 2.05) is 6.08 Å². The van der Waals surface area contributed by atoms with Gasteiger partial charge in [-0.3, -0.25) is 4.98 Å². The van der Waals surface area contributed by atoms with Gasteiger partial charge >= 0.3 is 5.97 Å². The van der Waals surface area contributed by atoms with Gasteiger partial charge in [-0.1, -0.05) is 6.08 Å². The predicted octanol–water partition coefficient (Wildman–Crippen LogP) is 2.21. The molecule has 1 aromatic heterocycles. The Balaban J connectivity index is 0.000000324. The highest BCUT2D eigenvalue weighted by Crippen LogP contribution is 2.01. The summed E-state index contributed by atoms with van der Waals surface area (Å²) in [6, 6.07) is 2.89. The van der Waals surface area contributed by atoms with Gasteiger partial charge in [0, 0.05) is 38.4 Å². The second-order valence-corrected chi connectivity index (χ2v) is 3.80. The van der Waals surface area contributed by atoms with Crippen molar-refractivity contribution in [1.29, 1.82) is 0 Å². The summed E-state index contributed by atoms with van der Waals surface area (Å²) in [5, 5.41) is 8.36. The molecule has 1 N–H and O–H groups in total. The second kappa shape index (κ2) is 9.16. The number of carbonyl (C=O) groups is 1. The summed E-state index contributed by atoms with van der Waals surface area (Å²) in [7, 11) is 2.06. The fourth-order valence-electron chi connectivity index (χ4n) is 1.37. The molecular formula is C13H18BrN3O2. The molecule has 1 aromatic rings. The molecule has 0 amide bonds. The van der Waals surface area contributed by atoms with Crippen LogP contribution in [0.25, 0.3) is 0 Å². The minimum absolute atomic E-state index is 0. The molecule has 5 nitrogen and oxygen atoms in total. The van der Waals surface area contributed by atoms with E-state index in [4.69, 9.17) is 5.11 Å². The van der Waals surface area contributed by atoms with E-state index in [-0.39, 0.29) is 22.5 Å². The van der Waals surface area contributed by atoms with E-state index >= 15 is 0 Å². The molecule has 0 spiro atoms. The zero-order valence-electron chi connectivity index (χ0n) is 10.8. The van der Waals surface area contributed by atoms with Crippen molar-refractivity contribution in [1.82, 2.24) is 14.8 Å². The highest BCUT2D eigenvalue weighted by Gasteiger charge is 2.04. The van der Waals surface area contributed by atoms with Gasteiger partial charge < -0.3 is 14.9 Å². The van der Waals surface area contributed by atoms with Crippen LogP contribution in [0.5, 0.6) is 0 Å². The highest BCUT2D eigenvalue weighted by atomic mass is 79.9. The Kier molecular flexibility index (Phi) is 8.28.